The van der Waals surface area contributed by atoms with E-state index in [9.17, 15) is 9.59 Å². The van der Waals surface area contributed by atoms with Crippen molar-refractivity contribution in [2.45, 2.75) is 137 Å². The van der Waals surface area contributed by atoms with Crippen LogP contribution in [0.3, 0.4) is 0 Å². The van der Waals surface area contributed by atoms with Crippen molar-refractivity contribution in [3.63, 3.8) is 0 Å². The van der Waals surface area contributed by atoms with Gasteiger partial charge >= 0.3 is 11.9 Å². The molecule has 172 valence electrons. The third kappa shape index (κ3) is 21.5. The molecule has 29 heavy (non-hydrogen) atoms. The van der Waals surface area contributed by atoms with Crippen molar-refractivity contribution in [3.05, 3.63) is 0 Å². The van der Waals surface area contributed by atoms with Crippen molar-refractivity contribution in [1.29, 1.82) is 0 Å². The van der Waals surface area contributed by atoms with E-state index in [4.69, 9.17) is 9.47 Å². The van der Waals surface area contributed by atoms with Crippen LogP contribution in [0, 0.1) is 5.92 Å². The highest BCUT2D eigenvalue weighted by molar-refractivity contribution is 5.77. The summed E-state index contributed by atoms with van der Waals surface area (Å²) in [5.74, 6) is -0.114. The molecule has 0 aliphatic heterocycles. The zero-order chi connectivity index (χ0) is 21.7. The van der Waals surface area contributed by atoms with Gasteiger partial charge in [0.05, 0.1) is 25.6 Å². The average Bonchev–Trinajstić information content (AvgIpc) is 2.66. The van der Waals surface area contributed by atoms with Crippen LogP contribution in [0.15, 0.2) is 0 Å². The molecule has 0 aromatic carbocycles. The highest BCUT2D eigenvalue weighted by Crippen LogP contribution is 2.13. The second kappa shape index (κ2) is 20.2. The number of esters is 2. The molecule has 0 aliphatic rings. The summed E-state index contributed by atoms with van der Waals surface area (Å²) in [5.41, 5.74) is 0. The minimum Gasteiger partial charge on any atom is -0.466 e. The molecular formula is C25H48O4. The van der Waals surface area contributed by atoms with Crippen molar-refractivity contribution < 1.29 is 19.1 Å². The number of carbonyl (C=O) groups is 2. The van der Waals surface area contributed by atoms with Gasteiger partial charge in [0, 0.05) is 0 Å². The van der Waals surface area contributed by atoms with E-state index in [-0.39, 0.29) is 30.9 Å². The Morgan fingerprint density at radius 2 is 1.10 bits per heavy atom. The smallest absolute Gasteiger partial charge is 0.306 e. The maximum absolute atomic E-state index is 11.7. The van der Waals surface area contributed by atoms with Crippen LogP contribution >= 0.6 is 0 Å². The van der Waals surface area contributed by atoms with Gasteiger partial charge in [0.25, 0.3) is 0 Å². The maximum Gasteiger partial charge on any atom is 0.306 e. The minimum atomic E-state index is -0.309. The van der Waals surface area contributed by atoms with Gasteiger partial charge in [0.15, 0.2) is 0 Å². The van der Waals surface area contributed by atoms with E-state index >= 15 is 0 Å². The van der Waals surface area contributed by atoms with E-state index in [0.717, 1.165) is 19.3 Å². The molecule has 0 radical (unpaired) electrons. The van der Waals surface area contributed by atoms with Crippen LogP contribution in [0.4, 0.5) is 0 Å². The van der Waals surface area contributed by atoms with Crippen LogP contribution in [-0.4, -0.2) is 24.6 Å². The first kappa shape index (κ1) is 27.9. The van der Waals surface area contributed by atoms with Gasteiger partial charge in [-0.2, -0.15) is 0 Å². The molecule has 0 saturated heterocycles. The topological polar surface area (TPSA) is 52.6 Å². The largest absolute Gasteiger partial charge is 0.466 e. The fraction of sp³-hybridized carbons (Fsp3) is 0.920. The second-order valence-corrected chi connectivity index (χ2v) is 8.89. The van der Waals surface area contributed by atoms with Crippen LogP contribution in [-0.2, 0) is 19.1 Å². The molecule has 0 N–H and O–H groups in total. The Morgan fingerprint density at radius 1 is 0.655 bits per heavy atom. The number of hydrogen-bond donors (Lipinski definition) is 0. The normalized spacial score (nSPS) is 12.2. The van der Waals surface area contributed by atoms with Crippen LogP contribution in [0.2, 0.25) is 0 Å². The fourth-order valence-corrected chi connectivity index (χ4v) is 3.58. The first-order chi connectivity index (χ1) is 14.0. The van der Waals surface area contributed by atoms with Gasteiger partial charge in [-0.05, 0) is 25.7 Å². The lowest BCUT2D eigenvalue weighted by atomic mass is 10.0. The fourth-order valence-electron chi connectivity index (χ4n) is 3.58. The third-order valence-electron chi connectivity index (χ3n) is 5.18. The van der Waals surface area contributed by atoms with Gasteiger partial charge < -0.3 is 9.47 Å². The highest BCUT2D eigenvalue weighted by atomic mass is 16.5. The third-order valence-corrected chi connectivity index (χ3v) is 5.18. The number of ether oxygens (including phenoxy) is 2. The zero-order valence-corrected chi connectivity index (χ0v) is 19.8. The van der Waals surface area contributed by atoms with E-state index in [1.165, 1.54) is 70.6 Å². The summed E-state index contributed by atoms with van der Waals surface area (Å²) in [6.45, 7) is 8.81. The SMILES string of the molecule is CCCCCCCCCCCCCCCOC(=O)CCC(=O)OC(C)CC(C)C. The maximum atomic E-state index is 11.7. The van der Waals surface area contributed by atoms with Gasteiger partial charge in [-0.25, -0.2) is 0 Å². The number of unbranched alkanes of at least 4 members (excludes halogenated alkanes) is 12. The Labute approximate surface area is 180 Å². The first-order valence-corrected chi connectivity index (χ1v) is 12.3. The van der Waals surface area contributed by atoms with Crippen molar-refractivity contribution in [1.82, 2.24) is 0 Å². The molecule has 0 amide bonds. The zero-order valence-electron chi connectivity index (χ0n) is 19.8. The molecule has 0 rings (SSSR count). The summed E-state index contributed by atoms with van der Waals surface area (Å²) in [4.78, 5) is 23.4. The van der Waals surface area contributed by atoms with Crippen LogP contribution < -0.4 is 0 Å². The molecule has 0 aromatic rings. The van der Waals surface area contributed by atoms with Crippen molar-refractivity contribution in [2.75, 3.05) is 6.61 Å². The van der Waals surface area contributed by atoms with Gasteiger partial charge in [-0.1, -0.05) is 97.8 Å². The molecule has 0 aliphatic carbocycles. The van der Waals surface area contributed by atoms with Crippen molar-refractivity contribution in [2.24, 2.45) is 5.92 Å². The van der Waals surface area contributed by atoms with Crippen LogP contribution in [0.1, 0.15) is 130 Å². The summed E-state index contributed by atoms with van der Waals surface area (Å²) >= 11 is 0. The Hall–Kier alpha value is -1.06. The van der Waals surface area contributed by atoms with E-state index in [1.807, 2.05) is 6.92 Å². The molecule has 1 unspecified atom stereocenters. The molecule has 0 aromatic heterocycles. The van der Waals surface area contributed by atoms with Gasteiger partial charge in [-0.3, -0.25) is 9.59 Å². The quantitative estimate of drug-likeness (QED) is 0.155. The molecule has 0 saturated carbocycles. The number of carbonyl (C=O) groups excluding carboxylic acids is 2. The molecule has 0 heterocycles. The molecule has 1 atom stereocenters. The minimum absolute atomic E-state index is 0.0932. The van der Waals surface area contributed by atoms with Crippen LogP contribution in [0.5, 0.6) is 0 Å². The highest BCUT2D eigenvalue weighted by Gasteiger charge is 2.13. The van der Waals surface area contributed by atoms with Crippen molar-refractivity contribution in [3.8, 4) is 0 Å². The van der Waals surface area contributed by atoms with E-state index in [0.29, 0.717) is 12.5 Å². The summed E-state index contributed by atoms with van der Waals surface area (Å²) in [6.07, 6.45) is 17.9. The van der Waals surface area contributed by atoms with Gasteiger partial charge in [0.2, 0.25) is 0 Å². The predicted molar refractivity (Wildman–Crippen MR) is 121 cm³/mol. The number of rotatable bonds is 20. The summed E-state index contributed by atoms with van der Waals surface area (Å²) < 4.78 is 10.5. The Morgan fingerprint density at radius 3 is 1.59 bits per heavy atom. The predicted octanol–water partition coefficient (Wildman–Crippen LogP) is 7.38. The van der Waals surface area contributed by atoms with E-state index in [2.05, 4.69) is 20.8 Å². The molecular weight excluding hydrogens is 364 g/mol. The molecule has 0 bridgehead atoms. The molecule has 0 spiro atoms. The Kier molecular flexibility index (Phi) is 19.5. The lowest BCUT2D eigenvalue weighted by molar-refractivity contribution is -0.153. The number of hydrogen-bond acceptors (Lipinski definition) is 4. The van der Waals surface area contributed by atoms with E-state index in [1.54, 1.807) is 0 Å². The van der Waals surface area contributed by atoms with Gasteiger partial charge in [0.1, 0.15) is 0 Å². The summed E-state index contributed by atoms with van der Waals surface area (Å²) in [6, 6.07) is 0. The van der Waals surface area contributed by atoms with Crippen molar-refractivity contribution >= 4 is 11.9 Å². The first-order valence-electron chi connectivity index (χ1n) is 12.3. The lowest BCUT2D eigenvalue weighted by Crippen LogP contribution is -2.18. The molecule has 0 fully saturated rings. The van der Waals surface area contributed by atoms with Crippen LogP contribution in [0.25, 0.3) is 0 Å². The standard InChI is InChI=1S/C25H48O4/c1-5-6-7-8-9-10-11-12-13-14-15-16-17-20-28-24(26)18-19-25(27)29-23(4)21-22(2)3/h22-23H,5-21H2,1-4H3. The van der Waals surface area contributed by atoms with E-state index < -0.39 is 0 Å². The van der Waals surface area contributed by atoms with Gasteiger partial charge in [-0.15, -0.1) is 0 Å². The lowest BCUT2D eigenvalue weighted by Gasteiger charge is -2.15. The molecule has 4 heteroatoms. The molecule has 4 nitrogen and oxygen atoms in total. The Balaban J connectivity index is 3.36. The monoisotopic (exact) mass is 412 g/mol. The Bertz CT molecular complexity index is 392. The second-order valence-electron chi connectivity index (χ2n) is 8.89. The summed E-state index contributed by atoms with van der Waals surface area (Å²) in [7, 11) is 0. The average molecular weight is 413 g/mol. The summed E-state index contributed by atoms with van der Waals surface area (Å²) in [5, 5.41) is 0.